The van der Waals surface area contributed by atoms with Gasteiger partial charge in [-0.15, -0.1) is 0 Å². The summed E-state index contributed by atoms with van der Waals surface area (Å²) in [6.45, 7) is 7.04. The molecule has 1 aromatic carbocycles. The van der Waals surface area contributed by atoms with E-state index in [4.69, 9.17) is 39.0 Å². The van der Waals surface area contributed by atoms with E-state index in [0.717, 1.165) is 50.6 Å². The number of methoxy groups -OCH3 is 2. The fraction of sp³-hybridized carbons (Fsp3) is 0.652. The molecule has 9 heteroatoms. The minimum atomic E-state index is -0.233. The van der Waals surface area contributed by atoms with E-state index in [2.05, 4.69) is 22.0 Å². The summed E-state index contributed by atoms with van der Waals surface area (Å²) in [4.78, 5) is 18.9. The Morgan fingerprint density at radius 3 is 2.59 bits per heavy atom. The smallest absolute Gasteiger partial charge is 0.255 e. The number of nitrogen functional groups attached to an aromatic ring is 1. The lowest BCUT2D eigenvalue weighted by Crippen LogP contribution is -2.55. The number of ether oxygens (including phenoxy) is 2. The average molecular weight is 483 g/mol. The Morgan fingerprint density at radius 1 is 1.25 bits per heavy atom. The number of hydrogen-bond acceptors (Lipinski definition) is 6. The minimum Gasteiger partial charge on any atom is -0.496 e. The second-order valence-corrected chi connectivity index (χ2v) is 9.53. The highest BCUT2D eigenvalue weighted by Crippen LogP contribution is 2.29. The van der Waals surface area contributed by atoms with E-state index < -0.39 is 0 Å². The molecule has 2 heterocycles. The van der Waals surface area contributed by atoms with Gasteiger partial charge in [0.15, 0.2) is 0 Å². The number of thiocarbonyl (C=S) groups is 1. The monoisotopic (exact) mass is 482 g/mol. The highest BCUT2D eigenvalue weighted by molar-refractivity contribution is 7.80. The lowest BCUT2D eigenvalue weighted by Gasteiger charge is -2.41. The number of nitrogens with two attached hydrogens (primary N) is 1. The van der Waals surface area contributed by atoms with Gasteiger partial charge in [0.25, 0.3) is 5.91 Å². The number of rotatable bonds is 7. The van der Waals surface area contributed by atoms with Gasteiger partial charge in [0.2, 0.25) is 0 Å². The molecule has 2 fully saturated rings. The van der Waals surface area contributed by atoms with Crippen LogP contribution >= 0.6 is 23.8 Å². The Bertz CT molecular complexity index is 817. The van der Waals surface area contributed by atoms with Crippen molar-refractivity contribution in [3.8, 4) is 5.75 Å². The molecule has 0 aliphatic carbocycles. The van der Waals surface area contributed by atoms with Gasteiger partial charge < -0.3 is 30.3 Å². The van der Waals surface area contributed by atoms with Crippen LogP contribution < -0.4 is 15.8 Å². The normalized spacial score (nSPS) is 22.6. The maximum Gasteiger partial charge on any atom is 0.255 e. The van der Waals surface area contributed by atoms with Crippen molar-refractivity contribution >= 4 is 40.4 Å². The van der Waals surface area contributed by atoms with Crippen LogP contribution in [0.15, 0.2) is 12.1 Å². The topological polar surface area (TPSA) is 80.1 Å². The van der Waals surface area contributed by atoms with Crippen LogP contribution in [0.1, 0.15) is 43.0 Å². The number of carbonyl (C=O) groups is 1. The first-order valence-electron chi connectivity index (χ1n) is 11.3. The zero-order valence-electron chi connectivity index (χ0n) is 19.2. The molecule has 0 aromatic heterocycles. The SMILES string of the molecule is CCC(=S)N1CCC(CN2CC[C@@H](NC(=O)c3cc(Cl)c(N)cc3OC)[C@@H](OC)C2)CC1. The third-order valence-corrected chi connectivity index (χ3v) is 7.49. The van der Waals surface area contributed by atoms with Crippen LogP contribution in [0, 0.1) is 5.92 Å². The van der Waals surface area contributed by atoms with E-state index in [1.54, 1.807) is 19.2 Å². The number of amides is 1. The molecule has 2 atom stereocenters. The first-order chi connectivity index (χ1) is 15.4. The highest BCUT2D eigenvalue weighted by atomic mass is 35.5. The molecule has 2 aliphatic rings. The number of nitrogens with one attached hydrogen (secondary N) is 1. The van der Waals surface area contributed by atoms with Crippen molar-refractivity contribution in [3.63, 3.8) is 0 Å². The summed E-state index contributed by atoms with van der Waals surface area (Å²) in [5.41, 5.74) is 6.59. The Balaban J connectivity index is 1.54. The molecule has 3 rings (SSSR count). The Labute approximate surface area is 201 Å². The van der Waals surface area contributed by atoms with Crippen molar-refractivity contribution in [2.75, 3.05) is 52.7 Å². The fourth-order valence-electron chi connectivity index (χ4n) is 4.67. The molecular formula is C23H35ClN4O3S. The van der Waals surface area contributed by atoms with Crippen molar-refractivity contribution in [2.24, 2.45) is 5.92 Å². The molecule has 0 bridgehead atoms. The van der Waals surface area contributed by atoms with Crippen LogP contribution in [-0.2, 0) is 4.74 Å². The molecular weight excluding hydrogens is 448 g/mol. The van der Waals surface area contributed by atoms with Gasteiger partial charge in [-0.3, -0.25) is 4.79 Å². The Hall–Kier alpha value is -1.61. The summed E-state index contributed by atoms with van der Waals surface area (Å²) in [6.07, 6.45) is 4.05. The summed E-state index contributed by atoms with van der Waals surface area (Å²) >= 11 is 11.6. The Morgan fingerprint density at radius 2 is 1.97 bits per heavy atom. The average Bonchev–Trinajstić information content (AvgIpc) is 2.81. The molecule has 3 N–H and O–H groups in total. The van der Waals surface area contributed by atoms with E-state index >= 15 is 0 Å². The molecule has 2 saturated heterocycles. The maximum atomic E-state index is 13.0. The van der Waals surface area contributed by atoms with Gasteiger partial charge in [-0.2, -0.15) is 0 Å². The number of anilines is 1. The lowest BCUT2D eigenvalue weighted by atomic mass is 9.94. The van der Waals surface area contributed by atoms with Crippen molar-refractivity contribution in [3.05, 3.63) is 22.7 Å². The minimum absolute atomic E-state index is 0.0734. The summed E-state index contributed by atoms with van der Waals surface area (Å²) in [6, 6.07) is 3.05. The maximum absolute atomic E-state index is 13.0. The second kappa shape index (κ2) is 11.5. The third kappa shape index (κ3) is 6.04. The summed E-state index contributed by atoms with van der Waals surface area (Å²) in [7, 11) is 3.22. The van der Waals surface area contributed by atoms with E-state index in [9.17, 15) is 4.79 Å². The van der Waals surface area contributed by atoms with Crippen molar-refractivity contribution < 1.29 is 14.3 Å². The van der Waals surface area contributed by atoms with Crippen LogP contribution in [0.2, 0.25) is 5.02 Å². The number of nitrogens with zero attached hydrogens (tertiary/aromatic N) is 2. The summed E-state index contributed by atoms with van der Waals surface area (Å²) in [5, 5.41) is 3.45. The molecule has 7 nitrogen and oxygen atoms in total. The van der Waals surface area contributed by atoms with Crippen LogP contribution in [0.25, 0.3) is 0 Å². The largest absolute Gasteiger partial charge is 0.496 e. The first-order valence-corrected chi connectivity index (χ1v) is 12.1. The lowest BCUT2D eigenvalue weighted by molar-refractivity contribution is -0.000282. The van der Waals surface area contributed by atoms with Gasteiger partial charge in [-0.25, -0.2) is 0 Å². The number of piperidine rings is 2. The first kappa shape index (κ1) is 25.0. The molecule has 1 amide bonds. The molecule has 1 aromatic rings. The van der Waals surface area contributed by atoms with Crippen LogP contribution in [-0.4, -0.2) is 79.8 Å². The van der Waals surface area contributed by atoms with Gasteiger partial charge >= 0.3 is 0 Å². The van der Waals surface area contributed by atoms with Crippen molar-refractivity contribution in [1.29, 1.82) is 0 Å². The van der Waals surface area contributed by atoms with Gasteiger partial charge in [-0.05, 0) is 37.7 Å². The van der Waals surface area contributed by atoms with E-state index in [0.29, 0.717) is 27.9 Å². The van der Waals surface area contributed by atoms with E-state index in [-0.39, 0.29) is 18.1 Å². The number of hydrogen-bond donors (Lipinski definition) is 2. The molecule has 32 heavy (non-hydrogen) atoms. The molecule has 0 spiro atoms. The molecule has 0 unspecified atom stereocenters. The predicted octanol–water partition coefficient (Wildman–Crippen LogP) is 3.20. The number of likely N-dealkylation sites (tertiary alicyclic amines) is 2. The molecule has 178 valence electrons. The van der Waals surface area contributed by atoms with Gasteiger partial charge in [0, 0.05) is 45.9 Å². The quantitative estimate of drug-likeness (QED) is 0.456. The Kier molecular flexibility index (Phi) is 8.99. The van der Waals surface area contributed by atoms with E-state index in [1.807, 2.05) is 0 Å². The van der Waals surface area contributed by atoms with Gasteiger partial charge in [0.1, 0.15) is 5.75 Å². The third-order valence-electron chi connectivity index (χ3n) is 6.61. The number of benzene rings is 1. The second-order valence-electron chi connectivity index (χ2n) is 8.65. The van der Waals surface area contributed by atoms with E-state index in [1.165, 1.54) is 20.0 Å². The zero-order chi connectivity index (χ0) is 23.3. The number of carbonyl (C=O) groups excluding carboxylic acids is 1. The van der Waals surface area contributed by atoms with Gasteiger partial charge in [0.05, 0.1) is 40.5 Å². The van der Waals surface area contributed by atoms with Crippen molar-refractivity contribution in [2.45, 2.75) is 44.8 Å². The molecule has 0 saturated carbocycles. The standard InChI is InChI=1S/C23H35ClN4O3S/c1-4-22(32)28-9-5-15(6-10-28)13-27-8-7-19(21(14-27)31-3)26-23(29)16-11-17(24)18(25)12-20(16)30-2/h11-12,15,19,21H,4-10,13-14,25H2,1-3H3,(H,26,29)/t19-,21+/m1/s1. The summed E-state index contributed by atoms with van der Waals surface area (Å²) < 4.78 is 11.1. The number of halogens is 1. The predicted molar refractivity (Wildman–Crippen MR) is 133 cm³/mol. The van der Waals surface area contributed by atoms with Crippen LogP contribution in [0.4, 0.5) is 5.69 Å². The van der Waals surface area contributed by atoms with Gasteiger partial charge in [-0.1, -0.05) is 30.7 Å². The van der Waals surface area contributed by atoms with Crippen LogP contribution in [0.3, 0.4) is 0 Å². The fourth-order valence-corrected chi connectivity index (χ4v) is 5.01. The molecule has 0 radical (unpaired) electrons. The molecule has 2 aliphatic heterocycles. The van der Waals surface area contributed by atoms with Crippen LogP contribution in [0.5, 0.6) is 5.75 Å². The zero-order valence-corrected chi connectivity index (χ0v) is 20.8. The summed E-state index contributed by atoms with van der Waals surface area (Å²) in [5.74, 6) is 0.851. The highest BCUT2D eigenvalue weighted by Gasteiger charge is 2.33. The van der Waals surface area contributed by atoms with Crippen molar-refractivity contribution in [1.82, 2.24) is 15.1 Å².